The van der Waals surface area contributed by atoms with Crippen LogP contribution in [0.2, 0.25) is 25.7 Å². The highest BCUT2D eigenvalue weighted by Crippen LogP contribution is 2.43. The molecule has 3 atom stereocenters. The standard InChI is InChI=1S/C28H48N6O5Si/c1-19(17-38-6)30-25(35)21-16-33(18-39-12-13-40(7,8)9)24-23(21)32-22(15-29-24)31-20-10-11-34(26(36)37)28(5,14-20)27(2,3)4/h15-16,19-20H,10-14,17-18H2,1-9H3,(H,30,35)(H,31,32)(H,36,37)/t19-,20+,28+/m1/s1. The molecule has 11 nitrogen and oxygen atoms in total. The number of methoxy groups -OCH3 is 1. The number of anilines is 1. The summed E-state index contributed by atoms with van der Waals surface area (Å²) in [5.41, 5.74) is 0.651. The van der Waals surface area contributed by atoms with E-state index in [1.54, 1.807) is 24.4 Å². The summed E-state index contributed by atoms with van der Waals surface area (Å²) in [4.78, 5) is 36.3. The van der Waals surface area contributed by atoms with Crippen molar-refractivity contribution >= 4 is 37.1 Å². The number of fused-ring (bicyclic) bond motifs is 1. The maximum absolute atomic E-state index is 13.3. The van der Waals surface area contributed by atoms with Gasteiger partial charge in [0.1, 0.15) is 18.1 Å². The number of rotatable bonds is 11. The molecule has 224 valence electrons. The quantitative estimate of drug-likeness (QED) is 0.255. The Hall–Kier alpha value is -2.70. The molecule has 0 aliphatic carbocycles. The third-order valence-electron chi connectivity index (χ3n) is 7.97. The Morgan fingerprint density at radius 2 is 2.00 bits per heavy atom. The number of likely N-dealkylation sites (tertiary alicyclic amines) is 1. The van der Waals surface area contributed by atoms with Crippen LogP contribution in [0.4, 0.5) is 10.6 Å². The summed E-state index contributed by atoms with van der Waals surface area (Å²) >= 11 is 0. The Morgan fingerprint density at radius 3 is 2.60 bits per heavy atom. The van der Waals surface area contributed by atoms with Gasteiger partial charge in [0, 0.05) is 46.6 Å². The number of ether oxygens (including phenoxy) is 2. The van der Waals surface area contributed by atoms with Crippen molar-refractivity contribution in [3.63, 3.8) is 0 Å². The number of hydrogen-bond acceptors (Lipinski definition) is 7. The van der Waals surface area contributed by atoms with Crippen LogP contribution in [0.25, 0.3) is 11.2 Å². The highest BCUT2D eigenvalue weighted by atomic mass is 28.3. The second kappa shape index (κ2) is 12.4. The molecule has 2 aromatic heterocycles. The molecule has 0 spiro atoms. The number of hydrogen-bond donors (Lipinski definition) is 3. The summed E-state index contributed by atoms with van der Waals surface area (Å²) in [7, 11) is 0.366. The van der Waals surface area contributed by atoms with Crippen LogP contribution in [-0.4, -0.2) is 89.1 Å². The Labute approximate surface area is 239 Å². The SMILES string of the molecule is COC[C@@H](C)NC(=O)c1cn(COCC[Si](C)(C)C)c2ncc(N[C@H]3CCN(C(=O)O)[C@](C)(C(C)(C)C)C3)nc12. The van der Waals surface area contributed by atoms with Gasteiger partial charge < -0.3 is 34.7 Å². The molecule has 1 aliphatic heterocycles. The molecule has 0 saturated carbocycles. The molecule has 1 fully saturated rings. The van der Waals surface area contributed by atoms with Gasteiger partial charge >= 0.3 is 6.09 Å². The first-order valence-corrected chi connectivity index (χ1v) is 17.8. The van der Waals surface area contributed by atoms with Crippen LogP contribution in [-0.2, 0) is 16.2 Å². The van der Waals surface area contributed by atoms with Crippen molar-refractivity contribution in [2.75, 3.05) is 32.2 Å². The first-order chi connectivity index (χ1) is 18.6. The summed E-state index contributed by atoms with van der Waals surface area (Å²) in [6.45, 7) is 18.8. The van der Waals surface area contributed by atoms with Gasteiger partial charge in [-0.05, 0) is 38.1 Å². The van der Waals surface area contributed by atoms with Crippen LogP contribution in [0.15, 0.2) is 12.4 Å². The Bertz CT molecular complexity index is 1190. The molecule has 0 aromatic carbocycles. The number of nitrogens with one attached hydrogen (secondary N) is 2. The van der Waals surface area contributed by atoms with Gasteiger partial charge in [0.2, 0.25) is 0 Å². The van der Waals surface area contributed by atoms with Crippen LogP contribution in [0.1, 0.15) is 57.8 Å². The molecule has 1 aliphatic rings. The van der Waals surface area contributed by atoms with E-state index in [2.05, 4.69) is 56.0 Å². The van der Waals surface area contributed by atoms with Crippen molar-refractivity contribution in [1.82, 2.24) is 24.8 Å². The fourth-order valence-corrected chi connectivity index (χ4v) is 5.85. The highest BCUT2D eigenvalue weighted by molar-refractivity contribution is 6.76. The van der Waals surface area contributed by atoms with E-state index in [1.165, 1.54) is 0 Å². The van der Waals surface area contributed by atoms with Crippen LogP contribution >= 0.6 is 0 Å². The number of aromatic nitrogens is 3. The Kier molecular flexibility index (Phi) is 9.89. The van der Waals surface area contributed by atoms with Crippen molar-refractivity contribution in [2.45, 2.75) is 97.5 Å². The topological polar surface area (TPSA) is 131 Å². The second-order valence-electron chi connectivity index (χ2n) is 13.4. The second-order valence-corrected chi connectivity index (χ2v) is 19.0. The lowest BCUT2D eigenvalue weighted by molar-refractivity contribution is -0.0151. The smallest absolute Gasteiger partial charge is 0.407 e. The average molecular weight is 577 g/mol. The van der Waals surface area contributed by atoms with Gasteiger partial charge in [-0.15, -0.1) is 0 Å². The summed E-state index contributed by atoms with van der Waals surface area (Å²) < 4.78 is 13.0. The molecule has 3 N–H and O–H groups in total. The van der Waals surface area contributed by atoms with Gasteiger partial charge in [0.15, 0.2) is 5.65 Å². The van der Waals surface area contributed by atoms with Crippen LogP contribution in [0, 0.1) is 5.41 Å². The van der Waals surface area contributed by atoms with E-state index in [0.29, 0.717) is 55.1 Å². The number of carbonyl (C=O) groups is 2. The maximum Gasteiger partial charge on any atom is 0.407 e. The molecular weight excluding hydrogens is 528 g/mol. The van der Waals surface area contributed by atoms with Crippen LogP contribution in [0.5, 0.6) is 0 Å². The molecular formula is C28H48N6O5Si. The van der Waals surface area contributed by atoms with Crippen LogP contribution in [0.3, 0.4) is 0 Å². The fourth-order valence-electron chi connectivity index (χ4n) is 5.09. The molecule has 12 heteroatoms. The largest absolute Gasteiger partial charge is 0.465 e. The first-order valence-electron chi connectivity index (χ1n) is 14.1. The number of carboxylic acid groups (broad SMARTS) is 1. The minimum atomic E-state index is -1.23. The van der Waals surface area contributed by atoms with Gasteiger partial charge in [-0.2, -0.15) is 0 Å². The normalized spacial score (nSPS) is 20.9. The predicted octanol–water partition coefficient (Wildman–Crippen LogP) is 4.87. The Morgan fingerprint density at radius 1 is 1.30 bits per heavy atom. The van der Waals surface area contributed by atoms with E-state index in [-0.39, 0.29) is 30.1 Å². The third-order valence-corrected chi connectivity index (χ3v) is 9.67. The molecule has 3 heterocycles. The molecule has 0 bridgehead atoms. The van der Waals surface area contributed by atoms with Gasteiger partial charge in [-0.3, -0.25) is 4.79 Å². The summed E-state index contributed by atoms with van der Waals surface area (Å²) in [5, 5.41) is 16.3. The highest BCUT2D eigenvalue weighted by Gasteiger charge is 2.49. The summed E-state index contributed by atoms with van der Waals surface area (Å²) in [6.07, 6.45) is 3.79. The molecule has 0 radical (unpaired) electrons. The van der Waals surface area contributed by atoms with E-state index >= 15 is 0 Å². The number of carbonyl (C=O) groups excluding carboxylic acids is 1. The van der Waals surface area contributed by atoms with E-state index in [9.17, 15) is 14.7 Å². The predicted molar refractivity (Wildman–Crippen MR) is 160 cm³/mol. The number of nitrogens with zero attached hydrogens (tertiary/aromatic N) is 4. The monoisotopic (exact) mass is 576 g/mol. The number of piperidine rings is 1. The minimum absolute atomic E-state index is 0.00226. The van der Waals surface area contributed by atoms with Crippen molar-refractivity contribution < 1.29 is 24.2 Å². The maximum atomic E-state index is 13.3. The molecule has 40 heavy (non-hydrogen) atoms. The lowest BCUT2D eigenvalue weighted by atomic mass is 9.68. The third kappa shape index (κ3) is 7.52. The minimum Gasteiger partial charge on any atom is -0.465 e. The van der Waals surface area contributed by atoms with Gasteiger partial charge in [0.25, 0.3) is 5.91 Å². The van der Waals surface area contributed by atoms with E-state index in [0.717, 1.165) is 6.04 Å². The zero-order valence-corrected chi connectivity index (χ0v) is 26.6. The van der Waals surface area contributed by atoms with Crippen LogP contribution < -0.4 is 10.6 Å². The van der Waals surface area contributed by atoms with Crippen molar-refractivity contribution in [2.24, 2.45) is 5.41 Å². The van der Waals surface area contributed by atoms with Gasteiger partial charge in [-0.25, -0.2) is 14.8 Å². The van der Waals surface area contributed by atoms with Crippen molar-refractivity contribution in [1.29, 1.82) is 0 Å². The lowest BCUT2D eigenvalue weighted by Crippen LogP contribution is -2.62. The van der Waals surface area contributed by atoms with Gasteiger partial charge in [-0.1, -0.05) is 40.4 Å². The zero-order valence-electron chi connectivity index (χ0n) is 25.6. The van der Waals surface area contributed by atoms with E-state index in [4.69, 9.17) is 14.5 Å². The molecule has 1 saturated heterocycles. The molecule has 2 aromatic rings. The molecule has 3 rings (SSSR count). The average Bonchev–Trinajstić information content (AvgIpc) is 3.18. The van der Waals surface area contributed by atoms with Gasteiger partial charge in [0.05, 0.1) is 23.9 Å². The summed E-state index contributed by atoms with van der Waals surface area (Å²) in [5.74, 6) is 0.297. The summed E-state index contributed by atoms with van der Waals surface area (Å²) in [6, 6.07) is 0.868. The van der Waals surface area contributed by atoms with Crippen molar-refractivity contribution in [3.8, 4) is 0 Å². The molecule has 2 amide bonds. The number of amides is 2. The van der Waals surface area contributed by atoms with E-state index < -0.39 is 19.7 Å². The molecule has 0 unspecified atom stereocenters. The van der Waals surface area contributed by atoms with E-state index in [1.807, 2.05) is 18.4 Å². The Balaban J connectivity index is 1.88. The zero-order chi connectivity index (χ0) is 29.9. The fraction of sp³-hybridized carbons (Fsp3) is 0.714. The first kappa shape index (κ1) is 31.8. The lowest BCUT2D eigenvalue weighted by Gasteiger charge is -2.53. The van der Waals surface area contributed by atoms with Crippen molar-refractivity contribution in [3.05, 3.63) is 18.0 Å².